The minimum Gasteiger partial charge on any atom is -0.508 e. The van der Waals surface area contributed by atoms with E-state index < -0.39 is 17.7 Å². The van der Waals surface area contributed by atoms with Crippen molar-refractivity contribution in [1.29, 1.82) is 0 Å². The van der Waals surface area contributed by atoms with Gasteiger partial charge in [-0.05, 0) is 44.5 Å². The van der Waals surface area contributed by atoms with Gasteiger partial charge in [-0.3, -0.25) is 4.90 Å². The van der Waals surface area contributed by atoms with Crippen molar-refractivity contribution < 1.29 is 24.2 Å². The van der Waals surface area contributed by atoms with Crippen LogP contribution in [0.3, 0.4) is 0 Å². The van der Waals surface area contributed by atoms with Crippen LogP contribution in [-0.2, 0) is 22.6 Å². The van der Waals surface area contributed by atoms with E-state index in [-0.39, 0.29) is 12.3 Å². The van der Waals surface area contributed by atoms with Crippen LogP contribution in [0.5, 0.6) is 5.75 Å². The first-order valence-corrected chi connectivity index (χ1v) is 8.61. The van der Waals surface area contributed by atoms with E-state index in [1.807, 2.05) is 30.3 Å². The predicted octanol–water partition coefficient (Wildman–Crippen LogP) is 4.12. The summed E-state index contributed by atoms with van der Waals surface area (Å²) in [5.74, 6) is -0.521. The van der Waals surface area contributed by atoms with E-state index in [2.05, 4.69) is 0 Å². The topological polar surface area (TPSA) is 76.1 Å². The SMILES string of the molecule is COC(=O)c1ccc(O)c(CN(Cc2ccccc2)C(=O)OC(C)(C)C)c1. The van der Waals surface area contributed by atoms with Gasteiger partial charge in [0.1, 0.15) is 11.4 Å². The second-order valence-corrected chi connectivity index (χ2v) is 7.16. The van der Waals surface area contributed by atoms with Crippen molar-refractivity contribution >= 4 is 12.1 Å². The van der Waals surface area contributed by atoms with Gasteiger partial charge in [0.15, 0.2) is 0 Å². The van der Waals surface area contributed by atoms with E-state index in [0.717, 1.165) is 5.56 Å². The van der Waals surface area contributed by atoms with Crippen LogP contribution >= 0.6 is 0 Å². The van der Waals surface area contributed by atoms with E-state index in [1.54, 1.807) is 20.8 Å². The number of phenolic OH excluding ortho intramolecular Hbond substituents is 1. The maximum absolute atomic E-state index is 12.7. The number of methoxy groups -OCH3 is 1. The molecule has 0 unspecified atom stereocenters. The molecule has 0 aliphatic carbocycles. The molecule has 0 spiro atoms. The molecule has 2 rings (SSSR count). The van der Waals surface area contributed by atoms with Crippen molar-refractivity contribution in [2.45, 2.75) is 39.5 Å². The van der Waals surface area contributed by atoms with Gasteiger partial charge in [-0.15, -0.1) is 0 Å². The summed E-state index contributed by atoms with van der Waals surface area (Å²) in [7, 11) is 1.29. The summed E-state index contributed by atoms with van der Waals surface area (Å²) in [6.45, 7) is 5.76. The highest BCUT2D eigenvalue weighted by Crippen LogP contribution is 2.23. The Hall–Kier alpha value is -3.02. The summed E-state index contributed by atoms with van der Waals surface area (Å²) in [6, 6.07) is 13.9. The predicted molar refractivity (Wildman–Crippen MR) is 101 cm³/mol. The molecule has 0 atom stereocenters. The molecule has 0 aliphatic rings. The lowest BCUT2D eigenvalue weighted by atomic mass is 10.1. The Bertz CT molecular complexity index is 796. The largest absolute Gasteiger partial charge is 0.508 e. The lowest BCUT2D eigenvalue weighted by Crippen LogP contribution is -2.36. The average Bonchev–Trinajstić information content (AvgIpc) is 2.61. The van der Waals surface area contributed by atoms with Crippen LogP contribution in [0.1, 0.15) is 42.3 Å². The standard InChI is InChI=1S/C21H25NO5/c1-21(2,3)27-20(25)22(13-15-8-6-5-7-9-15)14-17-12-16(19(24)26-4)10-11-18(17)23/h5-12,23H,13-14H2,1-4H3. The van der Waals surface area contributed by atoms with Gasteiger partial charge in [-0.2, -0.15) is 0 Å². The summed E-state index contributed by atoms with van der Waals surface area (Å²) < 4.78 is 10.2. The second-order valence-electron chi connectivity index (χ2n) is 7.16. The summed E-state index contributed by atoms with van der Waals surface area (Å²) in [5, 5.41) is 10.2. The molecule has 0 saturated carbocycles. The van der Waals surface area contributed by atoms with Crippen LogP contribution in [-0.4, -0.2) is 34.8 Å². The van der Waals surface area contributed by atoms with E-state index in [1.165, 1.54) is 30.2 Å². The fourth-order valence-corrected chi connectivity index (χ4v) is 2.48. The highest BCUT2D eigenvalue weighted by molar-refractivity contribution is 5.89. The van der Waals surface area contributed by atoms with Gasteiger partial charge in [0, 0.05) is 12.1 Å². The quantitative estimate of drug-likeness (QED) is 0.800. The van der Waals surface area contributed by atoms with Gasteiger partial charge < -0.3 is 14.6 Å². The second kappa shape index (κ2) is 8.58. The van der Waals surface area contributed by atoms with Gasteiger partial charge in [-0.25, -0.2) is 9.59 Å². The normalized spacial score (nSPS) is 11.0. The third-order valence-electron chi connectivity index (χ3n) is 3.73. The summed E-state index contributed by atoms with van der Waals surface area (Å²) in [6.07, 6.45) is -0.505. The van der Waals surface area contributed by atoms with E-state index in [0.29, 0.717) is 17.7 Å². The van der Waals surface area contributed by atoms with E-state index >= 15 is 0 Å². The Labute approximate surface area is 159 Å². The minimum atomic E-state index is -0.651. The number of aromatic hydroxyl groups is 1. The molecule has 2 aromatic carbocycles. The number of rotatable bonds is 5. The molecule has 2 aromatic rings. The highest BCUT2D eigenvalue weighted by Gasteiger charge is 2.24. The molecule has 6 heteroatoms. The fraction of sp³-hybridized carbons (Fsp3) is 0.333. The van der Waals surface area contributed by atoms with Gasteiger partial charge in [-0.1, -0.05) is 30.3 Å². The summed E-state index contributed by atoms with van der Waals surface area (Å²) >= 11 is 0. The Morgan fingerprint density at radius 2 is 1.70 bits per heavy atom. The molecule has 0 fully saturated rings. The molecule has 0 aromatic heterocycles. The number of hydrogen-bond acceptors (Lipinski definition) is 5. The number of esters is 1. The number of ether oxygens (including phenoxy) is 2. The first-order chi connectivity index (χ1) is 12.7. The van der Waals surface area contributed by atoms with Crippen molar-refractivity contribution in [1.82, 2.24) is 4.90 Å². The van der Waals surface area contributed by atoms with Crippen LogP contribution in [0, 0.1) is 0 Å². The fourth-order valence-electron chi connectivity index (χ4n) is 2.48. The van der Waals surface area contributed by atoms with Crippen molar-refractivity contribution in [3.8, 4) is 5.75 Å². The van der Waals surface area contributed by atoms with Crippen molar-refractivity contribution in [2.24, 2.45) is 0 Å². The minimum absolute atomic E-state index is 0.00993. The zero-order valence-electron chi connectivity index (χ0n) is 16.1. The zero-order chi connectivity index (χ0) is 20.0. The Morgan fingerprint density at radius 1 is 1.04 bits per heavy atom. The molecule has 1 amide bonds. The van der Waals surface area contributed by atoms with Gasteiger partial charge in [0.2, 0.25) is 0 Å². The molecule has 27 heavy (non-hydrogen) atoms. The lowest BCUT2D eigenvalue weighted by Gasteiger charge is -2.28. The maximum atomic E-state index is 12.7. The first kappa shape index (κ1) is 20.3. The number of carbonyl (C=O) groups is 2. The molecule has 0 radical (unpaired) electrons. The molecule has 144 valence electrons. The average molecular weight is 371 g/mol. The number of amides is 1. The van der Waals surface area contributed by atoms with Crippen molar-refractivity contribution in [3.63, 3.8) is 0 Å². The number of carbonyl (C=O) groups excluding carboxylic acids is 2. The van der Waals surface area contributed by atoms with Crippen LogP contribution in [0.15, 0.2) is 48.5 Å². The monoisotopic (exact) mass is 371 g/mol. The van der Waals surface area contributed by atoms with Crippen LogP contribution in [0.25, 0.3) is 0 Å². The maximum Gasteiger partial charge on any atom is 0.410 e. The Balaban J connectivity index is 2.30. The molecular weight excluding hydrogens is 346 g/mol. The van der Waals surface area contributed by atoms with E-state index in [4.69, 9.17) is 9.47 Å². The number of nitrogens with zero attached hydrogens (tertiary/aromatic N) is 1. The number of phenols is 1. The van der Waals surface area contributed by atoms with Crippen LogP contribution in [0.4, 0.5) is 4.79 Å². The Morgan fingerprint density at radius 3 is 2.30 bits per heavy atom. The lowest BCUT2D eigenvalue weighted by molar-refractivity contribution is 0.0215. The third-order valence-corrected chi connectivity index (χ3v) is 3.73. The Kier molecular flexibility index (Phi) is 6.45. The molecule has 0 saturated heterocycles. The summed E-state index contributed by atoms with van der Waals surface area (Å²) in [5.41, 5.74) is 1.00. The molecule has 6 nitrogen and oxygen atoms in total. The van der Waals surface area contributed by atoms with Crippen LogP contribution < -0.4 is 0 Å². The molecule has 0 bridgehead atoms. The highest BCUT2D eigenvalue weighted by atomic mass is 16.6. The molecule has 0 heterocycles. The molecule has 0 aliphatic heterocycles. The smallest absolute Gasteiger partial charge is 0.410 e. The molecule has 1 N–H and O–H groups in total. The number of benzene rings is 2. The van der Waals surface area contributed by atoms with Gasteiger partial charge in [0.05, 0.1) is 19.2 Å². The van der Waals surface area contributed by atoms with Crippen molar-refractivity contribution in [2.75, 3.05) is 7.11 Å². The number of hydrogen-bond donors (Lipinski definition) is 1. The van der Waals surface area contributed by atoms with Crippen molar-refractivity contribution in [3.05, 3.63) is 65.2 Å². The molecular formula is C21H25NO5. The van der Waals surface area contributed by atoms with Crippen LogP contribution in [0.2, 0.25) is 0 Å². The summed E-state index contributed by atoms with van der Waals surface area (Å²) in [4.78, 5) is 25.9. The van der Waals surface area contributed by atoms with E-state index in [9.17, 15) is 14.7 Å². The first-order valence-electron chi connectivity index (χ1n) is 8.61. The zero-order valence-corrected chi connectivity index (χ0v) is 16.1. The third kappa shape index (κ3) is 6.02. The van der Waals surface area contributed by atoms with Gasteiger partial charge in [0.25, 0.3) is 0 Å². The van der Waals surface area contributed by atoms with Gasteiger partial charge >= 0.3 is 12.1 Å².